The summed E-state index contributed by atoms with van der Waals surface area (Å²) < 4.78 is 10.6. The molecule has 1 saturated heterocycles. The highest BCUT2D eigenvalue weighted by atomic mass is 16.7. The van der Waals surface area contributed by atoms with Gasteiger partial charge in [0.15, 0.2) is 6.29 Å². The highest BCUT2D eigenvalue weighted by Gasteiger charge is 2.44. The molecule has 178 valence electrons. The smallest absolute Gasteiger partial charge is 0.184 e. The molecule has 1 fully saturated rings. The number of rotatable bonds is 18. The standard InChI is InChI=1S/C24H46O6/c1-2-3-4-5-6-7-8-9-10-11-12-13-14-15-16-17-18-29-23-22(27)21(26)20(19-25)30-24(23)28/h9-10,20-28H,2-8,11-19H2,1H3/b10-9-/t20-,21-,22+,23-,24?/m1/s1. The fraction of sp³-hybridized carbons (Fsp3) is 0.917. The fourth-order valence-electron chi connectivity index (χ4n) is 3.82. The Hall–Kier alpha value is -0.500. The first-order chi connectivity index (χ1) is 14.6. The van der Waals surface area contributed by atoms with Crippen molar-refractivity contribution in [2.45, 2.75) is 128 Å². The maximum Gasteiger partial charge on any atom is 0.184 e. The Labute approximate surface area is 183 Å². The molecule has 0 spiro atoms. The van der Waals surface area contributed by atoms with Gasteiger partial charge in [0.1, 0.15) is 24.4 Å². The van der Waals surface area contributed by atoms with Gasteiger partial charge in [0.25, 0.3) is 0 Å². The van der Waals surface area contributed by atoms with Crippen LogP contribution in [0.15, 0.2) is 12.2 Å². The minimum Gasteiger partial charge on any atom is -0.394 e. The van der Waals surface area contributed by atoms with Crippen molar-refractivity contribution in [2.24, 2.45) is 0 Å². The molecule has 0 aromatic rings. The molecule has 0 bridgehead atoms. The Kier molecular flexibility index (Phi) is 16.6. The third-order valence-corrected chi connectivity index (χ3v) is 5.81. The van der Waals surface area contributed by atoms with E-state index in [1.54, 1.807) is 0 Å². The van der Waals surface area contributed by atoms with Gasteiger partial charge >= 0.3 is 0 Å². The molecular weight excluding hydrogens is 384 g/mol. The molecule has 5 atom stereocenters. The minimum absolute atomic E-state index is 0.403. The molecule has 1 aliphatic heterocycles. The van der Waals surface area contributed by atoms with Gasteiger partial charge in [0.05, 0.1) is 6.61 Å². The molecule has 0 aliphatic carbocycles. The summed E-state index contributed by atoms with van der Waals surface area (Å²) >= 11 is 0. The lowest BCUT2D eigenvalue weighted by Gasteiger charge is -2.39. The summed E-state index contributed by atoms with van der Waals surface area (Å²) in [6, 6.07) is 0. The lowest BCUT2D eigenvalue weighted by atomic mass is 9.99. The topological polar surface area (TPSA) is 99.4 Å². The highest BCUT2D eigenvalue weighted by molar-refractivity contribution is 4.89. The van der Waals surface area contributed by atoms with Crippen LogP contribution in [-0.2, 0) is 9.47 Å². The average Bonchev–Trinajstić information content (AvgIpc) is 2.74. The number of hydrogen-bond acceptors (Lipinski definition) is 6. The molecule has 0 aromatic carbocycles. The molecule has 30 heavy (non-hydrogen) atoms. The largest absolute Gasteiger partial charge is 0.394 e. The first-order valence-corrected chi connectivity index (χ1v) is 12.2. The van der Waals surface area contributed by atoms with Crippen LogP contribution in [0, 0.1) is 0 Å². The van der Waals surface area contributed by atoms with E-state index in [1.807, 2.05) is 0 Å². The summed E-state index contributed by atoms with van der Waals surface area (Å²) in [5, 5.41) is 38.8. The first kappa shape index (κ1) is 27.5. The predicted molar refractivity (Wildman–Crippen MR) is 119 cm³/mol. The molecule has 1 heterocycles. The lowest BCUT2D eigenvalue weighted by molar-refractivity contribution is -0.296. The Morgan fingerprint density at radius 1 is 0.733 bits per heavy atom. The zero-order chi connectivity index (χ0) is 22.0. The Morgan fingerprint density at radius 3 is 1.83 bits per heavy atom. The van der Waals surface area contributed by atoms with E-state index < -0.39 is 37.3 Å². The van der Waals surface area contributed by atoms with Gasteiger partial charge < -0.3 is 29.9 Å². The van der Waals surface area contributed by atoms with Gasteiger partial charge in [-0.25, -0.2) is 0 Å². The van der Waals surface area contributed by atoms with E-state index >= 15 is 0 Å². The van der Waals surface area contributed by atoms with E-state index in [1.165, 1.54) is 70.6 Å². The Bertz CT molecular complexity index is 417. The van der Waals surface area contributed by atoms with Gasteiger partial charge in [-0.2, -0.15) is 0 Å². The summed E-state index contributed by atoms with van der Waals surface area (Å²) in [4.78, 5) is 0. The molecule has 1 aliphatic rings. The molecule has 0 amide bonds. The van der Waals surface area contributed by atoms with Crippen molar-refractivity contribution in [1.29, 1.82) is 0 Å². The van der Waals surface area contributed by atoms with Crippen LogP contribution in [0.4, 0.5) is 0 Å². The third-order valence-electron chi connectivity index (χ3n) is 5.81. The van der Waals surface area contributed by atoms with Crippen LogP contribution in [0.2, 0.25) is 0 Å². The van der Waals surface area contributed by atoms with Crippen molar-refractivity contribution in [3.63, 3.8) is 0 Å². The zero-order valence-corrected chi connectivity index (χ0v) is 19.0. The monoisotopic (exact) mass is 430 g/mol. The van der Waals surface area contributed by atoms with Crippen LogP contribution >= 0.6 is 0 Å². The predicted octanol–water partition coefficient (Wildman–Crippen LogP) is 3.84. The molecule has 0 radical (unpaired) electrons. The second kappa shape index (κ2) is 18.1. The number of unbranched alkanes of at least 4 members (excludes halogenated alkanes) is 12. The number of aliphatic hydroxyl groups excluding tert-OH is 4. The summed E-state index contributed by atoms with van der Waals surface area (Å²) in [5.74, 6) is 0. The Balaban J connectivity index is 1.90. The second-order valence-corrected chi connectivity index (χ2v) is 8.50. The van der Waals surface area contributed by atoms with E-state index in [9.17, 15) is 15.3 Å². The van der Waals surface area contributed by atoms with Crippen molar-refractivity contribution in [2.75, 3.05) is 13.2 Å². The Morgan fingerprint density at radius 2 is 1.27 bits per heavy atom. The van der Waals surface area contributed by atoms with Crippen LogP contribution in [0.5, 0.6) is 0 Å². The summed E-state index contributed by atoms with van der Waals surface area (Å²) in [6.45, 7) is 2.20. The molecule has 0 aromatic heterocycles. The van der Waals surface area contributed by atoms with Gasteiger partial charge in [-0.1, -0.05) is 76.9 Å². The van der Waals surface area contributed by atoms with Gasteiger partial charge in [-0.05, 0) is 32.1 Å². The van der Waals surface area contributed by atoms with Crippen LogP contribution < -0.4 is 0 Å². The van der Waals surface area contributed by atoms with Gasteiger partial charge in [-0.3, -0.25) is 0 Å². The first-order valence-electron chi connectivity index (χ1n) is 12.2. The molecule has 6 heteroatoms. The van der Waals surface area contributed by atoms with E-state index in [2.05, 4.69) is 19.1 Å². The van der Waals surface area contributed by atoms with Gasteiger partial charge in [0, 0.05) is 6.61 Å². The molecule has 0 saturated carbocycles. The number of allylic oxidation sites excluding steroid dienone is 2. The summed E-state index contributed by atoms with van der Waals surface area (Å²) in [7, 11) is 0. The van der Waals surface area contributed by atoms with Gasteiger partial charge in [0.2, 0.25) is 0 Å². The average molecular weight is 431 g/mol. The van der Waals surface area contributed by atoms with Crippen LogP contribution in [0.25, 0.3) is 0 Å². The quantitative estimate of drug-likeness (QED) is 0.195. The molecule has 1 unspecified atom stereocenters. The number of ether oxygens (including phenoxy) is 2. The molecule has 6 nitrogen and oxygen atoms in total. The lowest BCUT2D eigenvalue weighted by Crippen LogP contribution is -2.59. The minimum atomic E-state index is -1.34. The zero-order valence-electron chi connectivity index (χ0n) is 19.0. The van der Waals surface area contributed by atoms with Crippen molar-refractivity contribution in [3.8, 4) is 0 Å². The van der Waals surface area contributed by atoms with Crippen LogP contribution in [0.3, 0.4) is 0 Å². The van der Waals surface area contributed by atoms with Crippen LogP contribution in [0.1, 0.15) is 96.8 Å². The maximum absolute atomic E-state index is 10.0. The SMILES string of the molecule is CCCCCCCC/C=C\CCCCCCCCO[C@H]1C(O)O[C@H](CO)[C@@H](O)[C@@H]1O. The molecule has 4 N–H and O–H groups in total. The van der Waals surface area contributed by atoms with Crippen molar-refractivity contribution >= 4 is 0 Å². The van der Waals surface area contributed by atoms with E-state index in [0.29, 0.717) is 6.61 Å². The highest BCUT2D eigenvalue weighted by Crippen LogP contribution is 2.22. The number of aliphatic hydroxyl groups is 4. The molecular formula is C24H46O6. The van der Waals surface area contributed by atoms with E-state index in [4.69, 9.17) is 14.6 Å². The normalized spacial score (nSPS) is 27.2. The van der Waals surface area contributed by atoms with E-state index in [0.717, 1.165) is 19.3 Å². The van der Waals surface area contributed by atoms with Crippen LogP contribution in [-0.4, -0.2) is 64.3 Å². The summed E-state index contributed by atoms with van der Waals surface area (Å²) in [6.07, 6.45) is 16.1. The van der Waals surface area contributed by atoms with E-state index in [-0.39, 0.29) is 0 Å². The fourth-order valence-corrected chi connectivity index (χ4v) is 3.82. The third kappa shape index (κ3) is 11.8. The second-order valence-electron chi connectivity index (χ2n) is 8.50. The summed E-state index contributed by atoms with van der Waals surface area (Å²) in [5.41, 5.74) is 0. The maximum atomic E-state index is 10.0. The van der Waals surface area contributed by atoms with Crippen molar-refractivity contribution in [1.82, 2.24) is 0 Å². The van der Waals surface area contributed by atoms with Gasteiger partial charge in [-0.15, -0.1) is 0 Å². The van der Waals surface area contributed by atoms with Crippen molar-refractivity contribution in [3.05, 3.63) is 12.2 Å². The molecule has 1 rings (SSSR count). The van der Waals surface area contributed by atoms with Crippen molar-refractivity contribution < 1.29 is 29.9 Å². The number of hydrogen-bond donors (Lipinski definition) is 4.